The van der Waals surface area contributed by atoms with Crippen LogP contribution in [-0.4, -0.2) is 47.8 Å². The number of hydrogen-bond acceptors (Lipinski definition) is 3. The van der Waals surface area contributed by atoms with Crippen molar-refractivity contribution in [2.45, 2.75) is 25.7 Å². The van der Waals surface area contributed by atoms with Crippen LogP contribution in [-0.2, 0) is 4.79 Å². The lowest BCUT2D eigenvalue weighted by atomic mass is 10.0. The van der Waals surface area contributed by atoms with Crippen LogP contribution in [0.15, 0.2) is 0 Å². The van der Waals surface area contributed by atoms with Gasteiger partial charge in [-0.15, -0.1) is 0 Å². The van der Waals surface area contributed by atoms with E-state index in [1.807, 2.05) is 0 Å². The molecule has 0 atom stereocenters. The van der Waals surface area contributed by atoms with Crippen molar-refractivity contribution in [1.82, 2.24) is 4.90 Å². The number of aliphatic hydroxyl groups excluding tert-OH is 1. The largest absolute Gasteiger partial charge is 0.395 e. The molecular weight excluding hydrogens is 236 g/mol. The van der Waals surface area contributed by atoms with Crippen molar-refractivity contribution in [2.24, 2.45) is 5.41 Å². The maximum absolute atomic E-state index is 12.2. The van der Waals surface area contributed by atoms with Crippen molar-refractivity contribution in [3.63, 3.8) is 0 Å². The molecule has 0 radical (unpaired) electrons. The Morgan fingerprint density at radius 1 is 1.50 bits per heavy atom. The summed E-state index contributed by atoms with van der Waals surface area (Å²) in [6, 6.07) is 0. The molecule has 0 spiro atoms. The van der Waals surface area contributed by atoms with Gasteiger partial charge < -0.3 is 10.0 Å². The Balaban J connectivity index is 2.46. The first-order chi connectivity index (χ1) is 7.53. The van der Waals surface area contributed by atoms with Crippen LogP contribution < -0.4 is 0 Å². The molecule has 1 N–H and O–H groups in total. The number of halogens is 2. The number of hydrogen-bond donors (Lipinski definition) is 2. The number of aliphatic hydroxyl groups is 1. The van der Waals surface area contributed by atoms with Gasteiger partial charge in [0, 0.05) is 13.0 Å². The molecule has 1 amide bonds. The molecule has 3 nitrogen and oxygen atoms in total. The SMILES string of the molecule is O=C(CC1(CS)CC1)N(CCO)CC(F)F. The Labute approximate surface area is 99.2 Å². The maximum Gasteiger partial charge on any atom is 0.255 e. The molecule has 0 aromatic heterocycles. The standard InChI is InChI=1S/C10H17F2NO2S/c11-8(12)6-13(3-4-14)9(15)5-10(7-16)1-2-10/h8,14,16H,1-7H2. The highest BCUT2D eigenvalue weighted by Crippen LogP contribution is 2.49. The predicted octanol–water partition coefficient (Wildman–Crippen LogP) is 1.17. The number of nitrogens with zero attached hydrogens (tertiary/aromatic N) is 1. The van der Waals surface area contributed by atoms with Crippen LogP contribution in [0.5, 0.6) is 0 Å². The fourth-order valence-corrected chi connectivity index (χ4v) is 2.03. The molecule has 1 saturated carbocycles. The molecular formula is C10H17F2NO2S. The summed E-state index contributed by atoms with van der Waals surface area (Å²) < 4.78 is 24.4. The van der Waals surface area contributed by atoms with Crippen LogP contribution in [0.4, 0.5) is 8.78 Å². The molecule has 0 aliphatic heterocycles. The minimum absolute atomic E-state index is 0.0220. The summed E-state index contributed by atoms with van der Waals surface area (Å²) >= 11 is 4.16. The lowest BCUT2D eigenvalue weighted by Crippen LogP contribution is -2.38. The molecule has 6 heteroatoms. The van der Waals surface area contributed by atoms with Crippen LogP contribution in [0.25, 0.3) is 0 Å². The van der Waals surface area contributed by atoms with Crippen molar-refractivity contribution >= 4 is 18.5 Å². The van der Waals surface area contributed by atoms with E-state index in [0.29, 0.717) is 5.75 Å². The number of carbonyl (C=O) groups is 1. The van der Waals surface area contributed by atoms with E-state index in [4.69, 9.17) is 5.11 Å². The smallest absolute Gasteiger partial charge is 0.255 e. The summed E-state index contributed by atoms with van der Waals surface area (Å²) in [5.41, 5.74) is -0.0734. The monoisotopic (exact) mass is 253 g/mol. The molecule has 1 aliphatic carbocycles. The molecule has 0 aromatic carbocycles. The van der Waals surface area contributed by atoms with Gasteiger partial charge in [-0.25, -0.2) is 8.78 Å². The van der Waals surface area contributed by atoms with Gasteiger partial charge in [-0.2, -0.15) is 12.6 Å². The molecule has 1 aliphatic rings. The molecule has 0 saturated heterocycles. The van der Waals surface area contributed by atoms with Gasteiger partial charge in [0.05, 0.1) is 13.2 Å². The van der Waals surface area contributed by atoms with Gasteiger partial charge >= 0.3 is 0 Å². The minimum atomic E-state index is -2.55. The second-order valence-corrected chi connectivity index (χ2v) is 4.61. The highest BCUT2D eigenvalue weighted by molar-refractivity contribution is 7.80. The van der Waals surface area contributed by atoms with Crippen LogP contribution in [0, 0.1) is 5.41 Å². The third-order valence-electron chi connectivity index (χ3n) is 2.90. The molecule has 0 bridgehead atoms. The molecule has 0 aromatic rings. The van der Waals surface area contributed by atoms with Gasteiger partial charge in [-0.1, -0.05) is 0 Å². The van der Waals surface area contributed by atoms with Crippen LogP contribution in [0.3, 0.4) is 0 Å². The molecule has 1 fully saturated rings. The van der Waals surface area contributed by atoms with Crippen molar-refractivity contribution in [3.8, 4) is 0 Å². The zero-order valence-corrected chi connectivity index (χ0v) is 9.93. The quantitative estimate of drug-likeness (QED) is 0.669. The summed E-state index contributed by atoms with van der Waals surface area (Å²) in [6.07, 6.45) is -0.418. The summed E-state index contributed by atoms with van der Waals surface area (Å²) in [5.74, 6) is 0.307. The summed E-state index contributed by atoms with van der Waals surface area (Å²) in [7, 11) is 0. The van der Waals surface area contributed by atoms with E-state index < -0.39 is 13.0 Å². The van der Waals surface area contributed by atoms with Gasteiger partial charge in [-0.3, -0.25) is 4.79 Å². The maximum atomic E-state index is 12.2. The third kappa shape index (κ3) is 3.90. The Morgan fingerprint density at radius 2 is 2.12 bits per heavy atom. The average molecular weight is 253 g/mol. The van der Waals surface area contributed by atoms with E-state index in [9.17, 15) is 13.6 Å². The van der Waals surface area contributed by atoms with Gasteiger partial charge in [-0.05, 0) is 24.0 Å². The molecule has 16 heavy (non-hydrogen) atoms. The van der Waals surface area contributed by atoms with E-state index in [-0.39, 0.29) is 30.9 Å². The van der Waals surface area contributed by atoms with Crippen molar-refractivity contribution in [3.05, 3.63) is 0 Å². The van der Waals surface area contributed by atoms with Crippen molar-refractivity contribution < 1.29 is 18.7 Å². The normalized spacial score (nSPS) is 17.6. The summed E-state index contributed by atoms with van der Waals surface area (Å²) in [5, 5.41) is 8.72. The highest BCUT2D eigenvalue weighted by atomic mass is 32.1. The highest BCUT2D eigenvalue weighted by Gasteiger charge is 2.43. The third-order valence-corrected chi connectivity index (χ3v) is 3.57. The molecule has 0 unspecified atom stereocenters. The molecule has 1 rings (SSSR count). The molecule has 0 heterocycles. The van der Waals surface area contributed by atoms with E-state index in [1.165, 1.54) is 0 Å². The Hall–Kier alpha value is -0.360. The second-order valence-electron chi connectivity index (χ2n) is 4.29. The Morgan fingerprint density at radius 3 is 2.50 bits per heavy atom. The number of thiol groups is 1. The lowest BCUT2D eigenvalue weighted by molar-refractivity contribution is -0.134. The first-order valence-electron chi connectivity index (χ1n) is 5.31. The van der Waals surface area contributed by atoms with Crippen LogP contribution >= 0.6 is 12.6 Å². The minimum Gasteiger partial charge on any atom is -0.395 e. The zero-order valence-electron chi connectivity index (χ0n) is 9.03. The van der Waals surface area contributed by atoms with Crippen LogP contribution in [0.2, 0.25) is 0 Å². The van der Waals surface area contributed by atoms with Crippen molar-refractivity contribution in [1.29, 1.82) is 0 Å². The fourth-order valence-electron chi connectivity index (χ4n) is 1.61. The van der Waals surface area contributed by atoms with Gasteiger partial charge in [0.1, 0.15) is 0 Å². The average Bonchev–Trinajstić information content (AvgIpc) is 2.97. The van der Waals surface area contributed by atoms with E-state index in [2.05, 4.69) is 12.6 Å². The second kappa shape index (κ2) is 5.82. The predicted molar refractivity (Wildman–Crippen MR) is 59.8 cm³/mol. The van der Waals surface area contributed by atoms with Crippen molar-refractivity contribution in [2.75, 3.05) is 25.4 Å². The van der Waals surface area contributed by atoms with E-state index >= 15 is 0 Å². The lowest BCUT2D eigenvalue weighted by Gasteiger charge is -2.23. The molecule has 94 valence electrons. The van der Waals surface area contributed by atoms with Gasteiger partial charge in [0.2, 0.25) is 5.91 Å². The van der Waals surface area contributed by atoms with E-state index in [1.54, 1.807) is 0 Å². The Bertz CT molecular complexity index is 247. The number of carbonyl (C=O) groups excluding carboxylic acids is 1. The summed E-state index contributed by atoms with van der Waals surface area (Å²) in [4.78, 5) is 12.8. The van der Waals surface area contributed by atoms with Crippen LogP contribution in [0.1, 0.15) is 19.3 Å². The number of amides is 1. The number of alkyl halides is 2. The Kier molecular flexibility index (Phi) is 4.98. The fraction of sp³-hybridized carbons (Fsp3) is 0.900. The summed E-state index contributed by atoms with van der Waals surface area (Å²) in [6.45, 7) is -0.903. The zero-order chi connectivity index (χ0) is 12.2. The topological polar surface area (TPSA) is 40.5 Å². The van der Waals surface area contributed by atoms with Gasteiger partial charge in [0.25, 0.3) is 6.43 Å². The number of rotatable bonds is 7. The van der Waals surface area contributed by atoms with Gasteiger partial charge in [0.15, 0.2) is 0 Å². The first kappa shape index (κ1) is 13.7. The first-order valence-corrected chi connectivity index (χ1v) is 5.94. The van der Waals surface area contributed by atoms with E-state index in [0.717, 1.165) is 17.7 Å².